The standard InChI is InChI=1S/C30H32ClN7O/c1-20(2)34-28(22-12-14-24(31)15-13-22)29-35-36-37-38(29)27(18-23-19-33-26-11-7-6-10-25(23)26)30(39)32-17-16-21-8-4-3-5-9-21/h3-15,19-20,27-28,33-34H,16-18H2,1-2H3,(H,32,39)/t27-,28-/m0/s1. The third kappa shape index (κ3) is 6.35. The number of nitrogens with zero attached hydrogens (tertiary/aromatic N) is 4. The van der Waals surface area contributed by atoms with Gasteiger partial charge in [0, 0.05) is 41.1 Å². The molecule has 200 valence electrons. The van der Waals surface area contributed by atoms with Crippen molar-refractivity contribution < 1.29 is 4.79 Å². The summed E-state index contributed by atoms with van der Waals surface area (Å²) in [6, 6.07) is 24.9. The molecule has 0 unspecified atom stereocenters. The number of tetrazole rings is 1. The van der Waals surface area contributed by atoms with Gasteiger partial charge in [0.1, 0.15) is 6.04 Å². The number of amides is 1. The first-order chi connectivity index (χ1) is 19.0. The number of H-pyrrole nitrogens is 1. The number of carbonyl (C=O) groups is 1. The molecular formula is C30H32ClN7O. The van der Waals surface area contributed by atoms with Crippen LogP contribution in [0.25, 0.3) is 10.9 Å². The largest absolute Gasteiger partial charge is 0.361 e. The SMILES string of the molecule is CC(C)N[C@@H](c1ccc(Cl)cc1)c1nnnn1[C@@H](Cc1c[nH]c2ccccc12)C(=O)NCCc1ccccc1. The molecule has 0 radical (unpaired) electrons. The molecule has 2 heterocycles. The number of benzene rings is 3. The Labute approximate surface area is 232 Å². The van der Waals surface area contributed by atoms with Gasteiger partial charge in [-0.25, -0.2) is 4.68 Å². The van der Waals surface area contributed by atoms with Crippen molar-refractivity contribution in [1.29, 1.82) is 0 Å². The van der Waals surface area contributed by atoms with Crippen LogP contribution >= 0.6 is 11.6 Å². The average Bonchev–Trinajstić information content (AvgIpc) is 3.59. The second-order valence-corrected chi connectivity index (χ2v) is 10.3. The molecule has 1 amide bonds. The summed E-state index contributed by atoms with van der Waals surface area (Å²) in [5.41, 5.74) is 4.17. The number of hydrogen-bond donors (Lipinski definition) is 3. The molecule has 3 N–H and O–H groups in total. The summed E-state index contributed by atoms with van der Waals surface area (Å²) in [7, 11) is 0. The lowest BCUT2D eigenvalue weighted by molar-refractivity contribution is -0.124. The van der Waals surface area contributed by atoms with Crippen molar-refractivity contribution in [2.24, 2.45) is 0 Å². The number of carbonyl (C=O) groups excluding carboxylic acids is 1. The minimum Gasteiger partial charge on any atom is -0.361 e. The van der Waals surface area contributed by atoms with Gasteiger partial charge in [0.25, 0.3) is 0 Å². The van der Waals surface area contributed by atoms with E-state index in [-0.39, 0.29) is 18.0 Å². The summed E-state index contributed by atoms with van der Waals surface area (Å²) in [5.74, 6) is 0.429. The average molecular weight is 542 g/mol. The molecule has 5 aromatic rings. The van der Waals surface area contributed by atoms with Gasteiger partial charge in [0.15, 0.2) is 5.82 Å². The third-order valence-corrected chi connectivity index (χ3v) is 6.97. The van der Waals surface area contributed by atoms with Crippen LogP contribution in [-0.4, -0.2) is 43.7 Å². The van der Waals surface area contributed by atoms with Crippen LogP contribution < -0.4 is 10.6 Å². The van der Waals surface area contributed by atoms with E-state index in [1.165, 1.54) is 0 Å². The van der Waals surface area contributed by atoms with E-state index in [9.17, 15) is 4.79 Å². The van der Waals surface area contributed by atoms with Gasteiger partial charge in [0.05, 0.1) is 6.04 Å². The zero-order chi connectivity index (χ0) is 27.2. The van der Waals surface area contributed by atoms with E-state index in [1.54, 1.807) is 4.68 Å². The molecule has 0 saturated carbocycles. The molecule has 0 aliphatic rings. The lowest BCUT2D eigenvalue weighted by Gasteiger charge is -2.24. The number of nitrogens with one attached hydrogen (secondary N) is 3. The molecule has 0 saturated heterocycles. The van der Waals surface area contributed by atoms with Gasteiger partial charge >= 0.3 is 0 Å². The number of rotatable bonds is 11. The van der Waals surface area contributed by atoms with Crippen molar-refractivity contribution in [3.8, 4) is 0 Å². The fourth-order valence-corrected chi connectivity index (χ4v) is 4.94. The molecule has 0 bridgehead atoms. The van der Waals surface area contributed by atoms with Gasteiger partial charge < -0.3 is 15.6 Å². The van der Waals surface area contributed by atoms with Crippen LogP contribution in [0.3, 0.4) is 0 Å². The van der Waals surface area contributed by atoms with Crippen molar-refractivity contribution in [3.63, 3.8) is 0 Å². The van der Waals surface area contributed by atoms with E-state index in [2.05, 4.69) is 63.2 Å². The highest BCUT2D eigenvalue weighted by Gasteiger charge is 2.30. The molecule has 5 rings (SSSR count). The minimum atomic E-state index is -0.659. The summed E-state index contributed by atoms with van der Waals surface area (Å²) in [6.45, 7) is 4.64. The lowest BCUT2D eigenvalue weighted by atomic mass is 10.0. The number of aromatic nitrogens is 5. The number of para-hydroxylation sites is 1. The second kappa shape index (κ2) is 12.2. The zero-order valence-corrected chi connectivity index (χ0v) is 22.8. The molecule has 2 aromatic heterocycles. The van der Waals surface area contributed by atoms with Gasteiger partial charge in [-0.1, -0.05) is 72.3 Å². The van der Waals surface area contributed by atoms with Crippen LogP contribution in [0.2, 0.25) is 5.02 Å². The molecule has 3 aromatic carbocycles. The van der Waals surface area contributed by atoms with Crippen molar-refractivity contribution in [2.45, 2.75) is 44.8 Å². The molecule has 9 heteroatoms. The maximum Gasteiger partial charge on any atom is 0.245 e. The highest BCUT2D eigenvalue weighted by molar-refractivity contribution is 6.30. The predicted octanol–water partition coefficient (Wildman–Crippen LogP) is 5.04. The Morgan fingerprint density at radius 1 is 1.00 bits per heavy atom. The van der Waals surface area contributed by atoms with Crippen LogP contribution in [0.5, 0.6) is 0 Å². The van der Waals surface area contributed by atoms with E-state index in [0.717, 1.165) is 34.0 Å². The first-order valence-corrected chi connectivity index (χ1v) is 13.5. The summed E-state index contributed by atoms with van der Waals surface area (Å²) in [4.78, 5) is 17.1. The highest BCUT2D eigenvalue weighted by Crippen LogP contribution is 2.27. The van der Waals surface area contributed by atoms with E-state index in [4.69, 9.17) is 11.6 Å². The Morgan fingerprint density at radius 2 is 1.74 bits per heavy atom. The van der Waals surface area contributed by atoms with Gasteiger partial charge in [-0.2, -0.15) is 0 Å². The van der Waals surface area contributed by atoms with E-state index in [1.807, 2.05) is 66.9 Å². The van der Waals surface area contributed by atoms with Crippen molar-refractivity contribution >= 4 is 28.4 Å². The number of fused-ring (bicyclic) bond motifs is 1. The number of hydrogen-bond acceptors (Lipinski definition) is 5. The predicted molar refractivity (Wildman–Crippen MR) is 154 cm³/mol. The molecule has 0 fully saturated rings. The Kier molecular flexibility index (Phi) is 8.34. The smallest absolute Gasteiger partial charge is 0.245 e. The molecule has 39 heavy (non-hydrogen) atoms. The van der Waals surface area contributed by atoms with Crippen molar-refractivity contribution in [2.75, 3.05) is 6.54 Å². The van der Waals surface area contributed by atoms with E-state index < -0.39 is 6.04 Å². The van der Waals surface area contributed by atoms with Gasteiger partial charge in [-0.15, -0.1) is 5.10 Å². The van der Waals surface area contributed by atoms with Crippen molar-refractivity contribution in [3.05, 3.63) is 113 Å². The Balaban J connectivity index is 1.48. The van der Waals surface area contributed by atoms with Gasteiger partial charge in [0.2, 0.25) is 5.91 Å². The van der Waals surface area contributed by atoms with Gasteiger partial charge in [-0.3, -0.25) is 4.79 Å². The van der Waals surface area contributed by atoms with Gasteiger partial charge in [-0.05, 0) is 65.6 Å². The minimum absolute atomic E-state index is 0.135. The fraction of sp³-hybridized carbons (Fsp3) is 0.267. The quantitative estimate of drug-likeness (QED) is 0.217. The number of aromatic amines is 1. The normalized spacial score (nSPS) is 13.0. The van der Waals surface area contributed by atoms with E-state index in [0.29, 0.717) is 23.8 Å². The Hall–Kier alpha value is -4.01. The summed E-state index contributed by atoms with van der Waals surface area (Å²) in [6.07, 6.45) is 3.12. The third-order valence-electron chi connectivity index (χ3n) is 6.72. The molecule has 0 spiro atoms. The molecule has 0 aliphatic carbocycles. The topological polar surface area (TPSA) is 101 Å². The van der Waals surface area contributed by atoms with Crippen LogP contribution in [0.4, 0.5) is 0 Å². The van der Waals surface area contributed by atoms with Crippen LogP contribution in [0, 0.1) is 0 Å². The lowest BCUT2D eigenvalue weighted by Crippen LogP contribution is -2.38. The maximum atomic E-state index is 13.8. The fourth-order valence-electron chi connectivity index (χ4n) is 4.81. The van der Waals surface area contributed by atoms with Crippen LogP contribution in [0.15, 0.2) is 85.1 Å². The molecule has 8 nitrogen and oxygen atoms in total. The van der Waals surface area contributed by atoms with Crippen molar-refractivity contribution in [1.82, 2.24) is 35.8 Å². The Bertz CT molecular complexity index is 1510. The van der Waals surface area contributed by atoms with E-state index >= 15 is 0 Å². The maximum absolute atomic E-state index is 13.8. The molecule has 2 atom stereocenters. The molecular weight excluding hydrogens is 510 g/mol. The zero-order valence-electron chi connectivity index (χ0n) is 22.0. The van der Waals surface area contributed by atoms with Crippen LogP contribution in [0.1, 0.15) is 48.4 Å². The molecule has 0 aliphatic heterocycles. The summed E-state index contributed by atoms with van der Waals surface area (Å²) >= 11 is 6.17. The summed E-state index contributed by atoms with van der Waals surface area (Å²) in [5, 5.41) is 21.2. The first kappa shape index (κ1) is 26.6. The van der Waals surface area contributed by atoms with Crippen LogP contribution in [-0.2, 0) is 17.6 Å². The Morgan fingerprint density at radius 3 is 2.51 bits per heavy atom. The number of halogens is 1. The monoisotopic (exact) mass is 541 g/mol. The second-order valence-electron chi connectivity index (χ2n) is 9.89. The highest BCUT2D eigenvalue weighted by atomic mass is 35.5. The first-order valence-electron chi connectivity index (χ1n) is 13.2. The summed E-state index contributed by atoms with van der Waals surface area (Å²) < 4.78 is 1.66.